The summed E-state index contributed by atoms with van der Waals surface area (Å²) in [5.41, 5.74) is 0.668. The molecule has 4 nitrogen and oxygen atoms in total. The van der Waals surface area contributed by atoms with Crippen LogP contribution in [0.15, 0.2) is 18.2 Å². The van der Waals surface area contributed by atoms with E-state index in [1.54, 1.807) is 18.2 Å². The van der Waals surface area contributed by atoms with E-state index in [2.05, 4.69) is 24.1 Å². The van der Waals surface area contributed by atoms with E-state index in [9.17, 15) is 4.79 Å². The van der Waals surface area contributed by atoms with Crippen molar-refractivity contribution in [3.05, 3.63) is 28.2 Å². The molecule has 1 N–H and O–H groups in total. The zero-order valence-corrected chi connectivity index (χ0v) is 14.6. The lowest BCUT2D eigenvalue weighted by molar-refractivity contribution is 0.143. The fourth-order valence-corrected chi connectivity index (χ4v) is 2.69. The molecule has 0 atom stereocenters. The SMILES string of the molecule is CC(C)CCN1CCN(C(=O)Nc2ccc(Cl)c(Cl)c2)CC1. The number of urea groups is 1. The number of hydrogen-bond donors (Lipinski definition) is 1. The van der Waals surface area contributed by atoms with E-state index in [4.69, 9.17) is 23.2 Å². The number of benzene rings is 1. The first-order valence-corrected chi connectivity index (χ1v) is 8.44. The second-order valence-corrected chi connectivity index (χ2v) is 6.88. The zero-order chi connectivity index (χ0) is 16.1. The van der Waals surface area contributed by atoms with Crippen LogP contribution in [0.4, 0.5) is 10.5 Å². The largest absolute Gasteiger partial charge is 0.322 e. The van der Waals surface area contributed by atoms with E-state index >= 15 is 0 Å². The minimum absolute atomic E-state index is 0.0816. The average Bonchev–Trinajstić information content (AvgIpc) is 2.49. The summed E-state index contributed by atoms with van der Waals surface area (Å²) >= 11 is 11.8. The molecule has 0 spiro atoms. The van der Waals surface area contributed by atoms with Crippen molar-refractivity contribution >= 4 is 34.9 Å². The Labute approximate surface area is 142 Å². The van der Waals surface area contributed by atoms with Gasteiger partial charge in [-0.05, 0) is 37.1 Å². The smallest absolute Gasteiger partial charge is 0.321 e. The molecule has 22 heavy (non-hydrogen) atoms. The van der Waals surface area contributed by atoms with E-state index in [-0.39, 0.29) is 6.03 Å². The molecule has 1 heterocycles. The fraction of sp³-hybridized carbons (Fsp3) is 0.562. The second kappa shape index (κ2) is 8.04. The summed E-state index contributed by atoms with van der Waals surface area (Å²) in [6.07, 6.45) is 1.20. The Bertz CT molecular complexity index is 514. The first kappa shape index (κ1) is 17.4. The average molecular weight is 344 g/mol. The lowest BCUT2D eigenvalue weighted by atomic mass is 10.1. The fourth-order valence-electron chi connectivity index (χ4n) is 2.39. The van der Waals surface area contributed by atoms with Gasteiger partial charge in [0, 0.05) is 31.9 Å². The highest BCUT2D eigenvalue weighted by Gasteiger charge is 2.21. The number of nitrogens with zero attached hydrogens (tertiary/aromatic N) is 2. The second-order valence-electron chi connectivity index (χ2n) is 6.07. The van der Waals surface area contributed by atoms with Crippen molar-refractivity contribution in [3.63, 3.8) is 0 Å². The van der Waals surface area contributed by atoms with Crippen molar-refractivity contribution in [3.8, 4) is 0 Å². The number of nitrogens with one attached hydrogen (secondary N) is 1. The molecule has 0 radical (unpaired) electrons. The third kappa shape index (κ3) is 5.04. The van der Waals surface area contributed by atoms with Crippen molar-refractivity contribution < 1.29 is 4.79 Å². The number of anilines is 1. The van der Waals surface area contributed by atoms with Crippen LogP contribution < -0.4 is 5.32 Å². The molecule has 6 heteroatoms. The lowest BCUT2D eigenvalue weighted by Gasteiger charge is -2.35. The van der Waals surface area contributed by atoms with Crippen LogP contribution in [-0.2, 0) is 0 Å². The number of carbonyl (C=O) groups is 1. The normalized spacial score (nSPS) is 16.1. The van der Waals surface area contributed by atoms with Crippen LogP contribution >= 0.6 is 23.2 Å². The van der Waals surface area contributed by atoms with Gasteiger partial charge >= 0.3 is 6.03 Å². The Morgan fingerprint density at radius 1 is 1.18 bits per heavy atom. The summed E-state index contributed by atoms with van der Waals surface area (Å²) in [5, 5.41) is 3.80. The van der Waals surface area contributed by atoms with Crippen LogP contribution in [0, 0.1) is 5.92 Å². The molecule has 1 aliphatic heterocycles. The first-order valence-electron chi connectivity index (χ1n) is 7.69. The molecule has 2 amide bonds. The number of rotatable bonds is 4. The molecule has 1 saturated heterocycles. The quantitative estimate of drug-likeness (QED) is 0.889. The molecule has 1 fully saturated rings. The van der Waals surface area contributed by atoms with Crippen molar-refractivity contribution in [2.45, 2.75) is 20.3 Å². The molecule has 0 aromatic heterocycles. The van der Waals surface area contributed by atoms with E-state index in [0.29, 0.717) is 15.7 Å². The summed E-state index contributed by atoms with van der Waals surface area (Å²) in [7, 11) is 0. The van der Waals surface area contributed by atoms with Gasteiger partial charge in [-0.25, -0.2) is 4.79 Å². The summed E-state index contributed by atoms with van der Waals surface area (Å²) in [4.78, 5) is 16.5. The van der Waals surface area contributed by atoms with Gasteiger partial charge in [0.2, 0.25) is 0 Å². The van der Waals surface area contributed by atoms with E-state index in [0.717, 1.165) is 38.6 Å². The Balaban J connectivity index is 1.81. The van der Waals surface area contributed by atoms with Crippen molar-refractivity contribution in [1.82, 2.24) is 9.80 Å². The summed E-state index contributed by atoms with van der Waals surface area (Å²) in [6.45, 7) is 8.96. The lowest BCUT2D eigenvalue weighted by Crippen LogP contribution is -2.50. The maximum Gasteiger partial charge on any atom is 0.321 e. The molecule has 0 saturated carbocycles. The molecular weight excluding hydrogens is 321 g/mol. The van der Waals surface area contributed by atoms with Crippen molar-refractivity contribution in [2.24, 2.45) is 5.92 Å². The predicted molar refractivity (Wildman–Crippen MR) is 92.9 cm³/mol. The number of amides is 2. The zero-order valence-electron chi connectivity index (χ0n) is 13.1. The van der Waals surface area contributed by atoms with Gasteiger partial charge in [-0.1, -0.05) is 37.0 Å². The van der Waals surface area contributed by atoms with Crippen LogP contribution in [0.3, 0.4) is 0 Å². The maximum absolute atomic E-state index is 12.3. The number of hydrogen-bond acceptors (Lipinski definition) is 2. The molecule has 0 aliphatic carbocycles. The van der Waals surface area contributed by atoms with Gasteiger partial charge in [0.1, 0.15) is 0 Å². The summed E-state index contributed by atoms with van der Waals surface area (Å²) in [6, 6.07) is 5.02. The van der Waals surface area contributed by atoms with Crippen LogP contribution in [-0.4, -0.2) is 48.6 Å². The first-order chi connectivity index (χ1) is 10.5. The van der Waals surface area contributed by atoms with Crippen molar-refractivity contribution in [1.29, 1.82) is 0 Å². The Morgan fingerprint density at radius 2 is 1.86 bits per heavy atom. The highest BCUT2D eigenvalue weighted by Crippen LogP contribution is 2.25. The van der Waals surface area contributed by atoms with Gasteiger partial charge in [0.05, 0.1) is 10.0 Å². The molecule has 2 rings (SSSR count). The molecule has 1 aromatic rings. The van der Waals surface area contributed by atoms with Gasteiger partial charge in [-0.3, -0.25) is 4.90 Å². The molecule has 1 aromatic carbocycles. The van der Waals surface area contributed by atoms with Crippen LogP contribution in [0.5, 0.6) is 0 Å². The number of halogens is 2. The monoisotopic (exact) mass is 343 g/mol. The van der Waals surface area contributed by atoms with E-state index in [1.807, 2.05) is 4.90 Å². The van der Waals surface area contributed by atoms with Crippen LogP contribution in [0.25, 0.3) is 0 Å². The van der Waals surface area contributed by atoms with Gasteiger partial charge in [-0.15, -0.1) is 0 Å². The van der Waals surface area contributed by atoms with Crippen LogP contribution in [0.1, 0.15) is 20.3 Å². The third-order valence-electron chi connectivity index (χ3n) is 3.85. The summed E-state index contributed by atoms with van der Waals surface area (Å²) < 4.78 is 0. The molecule has 0 unspecified atom stereocenters. The standard InChI is InChI=1S/C16H23Cl2N3O/c1-12(2)5-6-20-7-9-21(10-8-20)16(22)19-13-3-4-14(17)15(18)11-13/h3-4,11-12H,5-10H2,1-2H3,(H,19,22). The Kier molecular flexibility index (Phi) is 6.36. The Hall–Kier alpha value is -0.970. The minimum Gasteiger partial charge on any atom is -0.322 e. The van der Waals surface area contributed by atoms with Crippen LogP contribution in [0.2, 0.25) is 10.0 Å². The molecular formula is C16H23Cl2N3O. The van der Waals surface area contributed by atoms with Gasteiger partial charge in [0.25, 0.3) is 0 Å². The number of piperazine rings is 1. The predicted octanol–water partition coefficient (Wildman–Crippen LogP) is 4.19. The third-order valence-corrected chi connectivity index (χ3v) is 4.59. The topological polar surface area (TPSA) is 35.6 Å². The number of carbonyl (C=O) groups excluding carboxylic acids is 1. The summed E-state index contributed by atoms with van der Waals surface area (Å²) in [5.74, 6) is 0.719. The van der Waals surface area contributed by atoms with E-state index in [1.165, 1.54) is 6.42 Å². The molecule has 122 valence electrons. The van der Waals surface area contributed by atoms with Crippen molar-refractivity contribution in [2.75, 3.05) is 38.0 Å². The maximum atomic E-state index is 12.3. The minimum atomic E-state index is -0.0816. The highest BCUT2D eigenvalue weighted by molar-refractivity contribution is 6.42. The molecule has 0 bridgehead atoms. The molecule has 1 aliphatic rings. The van der Waals surface area contributed by atoms with E-state index < -0.39 is 0 Å². The van der Waals surface area contributed by atoms with Gasteiger partial charge in [-0.2, -0.15) is 0 Å². The van der Waals surface area contributed by atoms with Gasteiger partial charge < -0.3 is 10.2 Å². The Morgan fingerprint density at radius 3 is 2.45 bits per heavy atom. The highest BCUT2D eigenvalue weighted by atomic mass is 35.5. The van der Waals surface area contributed by atoms with Gasteiger partial charge in [0.15, 0.2) is 0 Å².